The lowest BCUT2D eigenvalue weighted by molar-refractivity contribution is -0.745. The van der Waals surface area contributed by atoms with Crippen molar-refractivity contribution in [3.63, 3.8) is 0 Å². The monoisotopic (exact) mass is 1260 g/mol. The highest BCUT2D eigenvalue weighted by Gasteiger charge is 2.53. The van der Waals surface area contributed by atoms with Gasteiger partial charge in [0.2, 0.25) is 23.6 Å². The molecular weight excluding hydrogens is 1200 g/mol. The average molecular weight is 1260 g/mol. The number of hydrogen-bond acceptors (Lipinski definition) is 29. The van der Waals surface area contributed by atoms with Gasteiger partial charge in [-0.1, -0.05) is 11.1 Å². The Kier molecular flexibility index (Phi) is 18.0. The molecule has 43 heteroatoms. The summed E-state index contributed by atoms with van der Waals surface area (Å²) in [5, 5.41) is 33.4. The second-order valence-electron chi connectivity index (χ2n) is 19.0. The van der Waals surface area contributed by atoms with Crippen LogP contribution in [0.25, 0.3) is 28.0 Å². The fourth-order valence-corrected chi connectivity index (χ4v) is 14.0. The molecule has 4 aliphatic heterocycles. The zero-order valence-electron chi connectivity index (χ0n) is 43.8. The zero-order valence-corrected chi connectivity index (χ0v) is 47.4. The summed E-state index contributed by atoms with van der Waals surface area (Å²) < 4.78 is 111. The average Bonchev–Trinajstić information content (AvgIpc) is 2.40. The lowest BCUT2D eigenvalue weighted by Gasteiger charge is -2.31. The molecule has 5 aromatic rings. The molecule has 5 aromatic heterocycles. The smallest absolute Gasteiger partial charge is 0.490 e. The molecule has 9 heterocycles. The molecule has 1 amide bonds. The van der Waals surface area contributed by atoms with Crippen LogP contribution >= 0.6 is 31.3 Å². The molecule has 6 unspecified atom stereocenters. The maximum atomic E-state index is 13.7. The highest BCUT2D eigenvalue weighted by Crippen LogP contribution is 2.68. The number of aryl methyl sites for hydroxylation is 1. The molecule has 16 atom stereocenters. The Hall–Kier alpha value is -5.57. The number of aliphatic imine (C=N–C) groups is 1. The number of nitrogens with one attached hydrogen (secondary N) is 2. The fraction of sp³-hybridized carbons (Fsp3) is 0.575. The topological polar surface area (TPSA) is 552 Å². The molecule has 0 spiro atoms. The lowest BCUT2D eigenvalue weighted by Crippen LogP contribution is -2.45. The molecule has 3 fully saturated rings. The van der Waals surface area contributed by atoms with E-state index in [1.54, 1.807) is 13.0 Å². The Labute approximate surface area is 465 Å². The van der Waals surface area contributed by atoms with Gasteiger partial charge in [-0.25, -0.2) is 33.2 Å². The van der Waals surface area contributed by atoms with Crippen molar-refractivity contribution in [1.82, 2.24) is 48.5 Å². The standard InChI is InChI=1S/C40H57N15O24P4/c1-5-51(2)22(56)10-17-19(74-36(26(17)57)55-16-52(3)25-33(55)48-40(43)50-35(25)61)11-72-81(64,65)78-83(68,69)79-82(66,67)73-13-21-29(30(70-4)38(76-21)53-14-45-23-18(41)8-6-7-9-44-31(23)53)77-80(62,63)71-12-20-27(58)28(59)37(75-20)54-15-46-24-32(54)47-39(42)49-34(24)60/h8-9,14-17,19-21,26-30,36-38,57-59H,5-7,10-13,41H2,1-4H3,(H9-,42,43,47,48,49,50,60,61,62,63,64,65,66,67,68,69)/t17?,19-,20-,21-,26-,27-,28-,29-,30-,36?,37-,38-/m1/s1. The number of aliphatic hydroxyl groups excluding tert-OH is 3. The number of nitrogens with two attached hydrogens (primary N) is 3. The number of allylic oxidation sites excluding steroid dienone is 1. The van der Waals surface area contributed by atoms with Crippen LogP contribution in [0.4, 0.5) is 17.7 Å². The molecule has 39 nitrogen and oxygen atoms in total. The first-order chi connectivity index (χ1) is 39.0. The number of phosphoric acid groups is 4. The maximum absolute atomic E-state index is 13.7. The van der Waals surface area contributed by atoms with E-state index in [2.05, 4.69) is 43.5 Å². The van der Waals surface area contributed by atoms with Crippen LogP contribution in [-0.2, 0) is 75.8 Å². The molecule has 14 N–H and O–H groups in total. The van der Waals surface area contributed by atoms with Crippen molar-refractivity contribution in [3.8, 4) is 0 Å². The van der Waals surface area contributed by atoms with Gasteiger partial charge < -0.3 is 85.0 Å². The number of fused-ring (bicyclic) bond motifs is 3. The van der Waals surface area contributed by atoms with Gasteiger partial charge in [0.1, 0.15) is 48.4 Å². The molecule has 0 radical (unpaired) electrons. The Bertz CT molecular complexity index is 3650. The number of hydrogen-bond donors (Lipinski definition) is 11. The highest BCUT2D eigenvalue weighted by molar-refractivity contribution is 7.66. The van der Waals surface area contributed by atoms with E-state index in [0.29, 0.717) is 12.8 Å². The first-order valence-corrected chi connectivity index (χ1v) is 30.6. The van der Waals surface area contributed by atoms with Gasteiger partial charge in [0.25, 0.3) is 24.9 Å². The number of nitrogens with zero attached hydrogens (tertiary/aromatic N) is 10. The van der Waals surface area contributed by atoms with Gasteiger partial charge in [-0.3, -0.25) is 51.7 Å². The number of H-pyrrole nitrogens is 2. The van der Waals surface area contributed by atoms with Crippen molar-refractivity contribution in [2.75, 3.05) is 52.0 Å². The van der Waals surface area contributed by atoms with E-state index in [1.807, 2.05) is 0 Å². The van der Waals surface area contributed by atoms with Gasteiger partial charge in [0.15, 0.2) is 35.8 Å². The minimum atomic E-state index is -6.25. The van der Waals surface area contributed by atoms with E-state index in [0.717, 1.165) is 18.0 Å². The molecule has 3 saturated heterocycles. The van der Waals surface area contributed by atoms with Gasteiger partial charge in [-0.2, -0.15) is 13.6 Å². The largest absolute Gasteiger partial charge is 0.756 e. The van der Waals surface area contributed by atoms with Gasteiger partial charge in [0.05, 0.1) is 51.3 Å². The third-order valence-corrected chi connectivity index (χ3v) is 18.8. The number of aromatic amines is 2. The predicted octanol–water partition coefficient (Wildman–Crippen LogP) is -2.95. The number of carbonyl (C=O) groups is 1. The first-order valence-electron chi connectivity index (χ1n) is 24.7. The number of rotatable bonds is 22. The van der Waals surface area contributed by atoms with Crippen LogP contribution in [0.2, 0.25) is 0 Å². The summed E-state index contributed by atoms with van der Waals surface area (Å²) in [5.74, 6) is -2.32. The number of amides is 1. The zero-order chi connectivity index (χ0) is 60.2. The fourth-order valence-electron chi connectivity index (χ4n) is 9.53. The Morgan fingerprint density at radius 2 is 1.47 bits per heavy atom. The van der Waals surface area contributed by atoms with Crippen LogP contribution < -0.4 is 37.8 Å². The first kappa shape index (κ1) is 62.0. The van der Waals surface area contributed by atoms with Gasteiger partial charge in [-0.15, -0.1) is 0 Å². The van der Waals surface area contributed by atoms with E-state index >= 15 is 0 Å². The molecule has 456 valence electrons. The van der Waals surface area contributed by atoms with E-state index < -0.39 is 148 Å². The predicted molar refractivity (Wildman–Crippen MR) is 274 cm³/mol. The van der Waals surface area contributed by atoms with Crippen LogP contribution in [0.5, 0.6) is 0 Å². The second-order valence-corrected chi connectivity index (χ2v) is 25.0. The van der Waals surface area contributed by atoms with E-state index in [9.17, 15) is 67.5 Å². The van der Waals surface area contributed by atoms with Crippen molar-refractivity contribution in [2.45, 2.75) is 93.7 Å². The highest BCUT2D eigenvalue weighted by atomic mass is 31.3. The normalized spacial score (nSPS) is 29.4. The number of imidazole rings is 3. The van der Waals surface area contributed by atoms with Crippen LogP contribution in [0.3, 0.4) is 0 Å². The molecule has 0 aromatic carbocycles. The molecule has 0 bridgehead atoms. The third-order valence-electron chi connectivity index (χ3n) is 13.6. The molecular formula is C40H57N15O24P4. The molecule has 0 aliphatic carbocycles. The molecule has 0 saturated carbocycles. The number of aromatic nitrogens is 10. The number of aliphatic hydroxyl groups is 3. The molecule has 4 aliphatic rings. The summed E-state index contributed by atoms with van der Waals surface area (Å²) in [6.07, 6.45) is -11.0. The summed E-state index contributed by atoms with van der Waals surface area (Å²) in [6.45, 7) is -1.49. The number of anilines is 2. The maximum Gasteiger partial charge on any atom is 0.490 e. The van der Waals surface area contributed by atoms with Crippen molar-refractivity contribution >= 4 is 89.2 Å². The SMILES string of the molecule is CCN(C)C(=O)CC1[C@@H](O)C([n+]2cn(C)c3c(=O)[nH]c(N)nc32)O[C@@H]1COP(=O)(O)OP(=O)(O)OP(=O)(O)OC[C@H]1O[C@@H](n2cnc3c2N=CCCC=C3N)[C@H](OC)[C@@H]1OP(=O)([O-])OC[C@H]1O[C@@H](n2cnc3c(=O)[nH]c(N)nc32)[C@H](O)[C@@H]1O. The third kappa shape index (κ3) is 13.2. The lowest BCUT2D eigenvalue weighted by atomic mass is 9.94. The number of methoxy groups -OCH3 is 1. The van der Waals surface area contributed by atoms with Crippen LogP contribution in [0.1, 0.15) is 50.6 Å². The number of carbonyl (C=O) groups excluding carboxylic acids is 1. The minimum absolute atomic E-state index is 0.00669. The van der Waals surface area contributed by atoms with Crippen molar-refractivity contribution in [3.05, 3.63) is 51.5 Å². The Morgan fingerprint density at radius 3 is 2.16 bits per heavy atom. The Morgan fingerprint density at radius 1 is 0.831 bits per heavy atom. The van der Waals surface area contributed by atoms with Crippen molar-refractivity contribution < 1.29 is 108 Å². The van der Waals surface area contributed by atoms with Crippen LogP contribution in [0, 0.1) is 5.92 Å². The van der Waals surface area contributed by atoms with Crippen molar-refractivity contribution in [2.24, 2.45) is 23.7 Å². The number of ether oxygens (including phenoxy) is 4. The number of nitrogen functional groups attached to an aromatic ring is 2. The molecule has 9 rings (SSSR count). The van der Waals surface area contributed by atoms with E-state index in [-0.39, 0.29) is 58.0 Å². The Balaban J connectivity index is 0.891. The summed E-state index contributed by atoms with van der Waals surface area (Å²) in [5.41, 5.74) is 16.2. The quantitative estimate of drug-likeness (QED) is 0.0244. The summed E-state index contributed by atoms with van der Waals surface area (Å²) in [6, 6.07) is 0. The second kappa shape index (κ2) is 24.1. The van der Waals surface area contributed by atoms with Crippen molar-refractivity contribution in [1.29, 1.82) is 0 Å². The van der Waals surface area contributed by atoms with E-state index in [4.69, 9.17) is 54.2 Å². The van der Waals surface area contributed by atoms with Crippen LogP contribution in [0.15, 0.2) is 39.6 Å². The van der Waals surface area contributed by atoms with Gasteiger partial charge in [-0.05, 0) is 19.8 Å². The molecule has 83 heavy (non-hydrogen) atoms. The summed E-state index contributed by atoms with van der Waals surface area (Å²) in [7, 11) is -19.9. The summed E-state index contributed by atoms with van der Waals surface area (Å²) in [4.78, 5) is 111. The van der Waals surface area contributed by atoms with E-state index in [1.165, 1.54) is 51.6 Å². The van der Waals surface area contributed by atoms with Gasteiger partial charge in [0, 0.05) is 39.3 Å². The number of phosphoric ester groups is 3. The van der Waals surface area contributed by atoms with Gasteiger partial charge >= 0.3 is 29.1 Å². The summed E-state index contributed by atoms with van der Waals surface area (Å²) >= 11 is 0. The van der Waals surface area contributed by atoms with Crippen LogP contribution in [-0.4, -0.2) is 180 Å². The minimum Gasteiger partial charge on any atom is -0.756 e.